The largest absolute Gasteiger partial charge is 0.394 e. The first-order valence-electron chi connectivity index (χ1n) is 9.76. The summed E-state index contributed by atoms with van der Waals surface area (Å²) in [6.45, 7) is 2.70. The van der Waals surface area contributed by atoms with E-state index in [0.717, 1.165) is 0 Å². The number of nitrogens with one attached hydrogen (secondary N) is 2. The van der Waals surface area contributed by atoms with Crippen LogP contribution in [0.1, 0.15) is 25.8 Å². The van der Waals surface area contributed by atoms with Crippen molar-refractivity contribution in [3.05, 3.63) is 39.9 Å². The summed E-state index contributed by atoms with van der Waals surface area (Å²) >= 11 is 11.9. The maximum Gasteiger partial charge on any atom is 0.245 e. The Kier molecular flexibility index (Phi) is 9.02. The zero-order valence-electron chi connectivity index (χ0n) is 17.2. The minimum Gasteiger partial charge on any atom is -0.394 e. The van der Waals surface area contributed by atoms with Crippen molar-refractivity contribution in [3.63, 3.8) is 0 Å². The predicted molar refractivity (Wildman–Crippen MR) is 117 cm³/mol. The summed E-state index contributed by atoms with van der Waals surface area (Å²) in [5.41, 5.74) is -0.738. The van der Waals surface area contributed by atoms with Gasteiger partial charge in [-0.15, -0.1) is 0 Å². The van der Waals surface area contributed by atoms with Crippen LogP contribution in [-0.2, 0) is 19.1 Å². The van der Waals surface area contributed by atoms with E-state index >= 15 is 0 Å². The zero-order valence-corrected chi connectivity index (χ0v) is 18.7. The Hall–Kier alpha value is -1.97. The highest BCUT2D eigenvalue weighted by atomic mass is 35.5. The monoisotopic (exact) mass is 472 g/mol. The van der Waals surface area contributed by atoms with Gasteiger partial charge >= 0.3 is 0 Å². The van der Waals surface area contributed by atoms with Crippen molar-refractivity contribution in [1.29, 1.82) is 0 Å². The van der Waals surface area contributed by atoms with Gasteiger partial charge in [-0.05, 0) is 36.1 Å². The minimum atomic E-state index is -1.29. The first kappa shape index (κ1) is 25.3. The molecule has 0 aliphatic carbocycles. The second kappa shape index (κ2) is 11.1. The third-order valence-electron chi connectivity index (χ3n) is 4.73. The zero-order chi connectivity index (χ0) is 23.2. The van der Waals surface area contributed by atoms with E-state index < -0.39 is 48.5 Å². The van der Waals surface area contributed by atoms with Crippen LogP contribution in [-0.4, -0.2) is 65.3 Å². The van der Waals surface area contributed by atoms with Crippen molar-refractivity contribution in [2.24, 2.45) is 5.92 Å². The van der Waals surface area contributed by atoms with Crippen LogP contribution >= 0.6 is 23.2 Å². The number of hydrogen-bond donors (Lipinski definition) is 4. The van der Waals surface area contributed by atoms with E-state index in [1.165, 1.54) is 18.2 Å². The summed E-state index contributed by atoms with van der Waals surface area (Å²) in [7, 11) is 0. The number of benzene rings is 1. The van der Waals surface area contributed by atoms with Crippen molar-refractivity contribution < 1.29 is 29.3 Å². The van der Waals surface area contributed by atoms with Crippen LogP contribution < -0.4 is 10.6 Å². The van der Waals surface area contributed by atoms with E-state index in [4.69, 9.17) is 27.9 Å². The molecule has 4 N–H and O–H groups in total. The Morgan fingerprint density at radius 3 is 2.39 bits per heavy atom. The highest BCUT2D eigenvalue weighted by Crippen LogP contribution is 2.30. The van der Waals surface area contributed by atoms with Crippen LogP contribution in [0.3, 0.4) is 0 Å². The molecule has 2 amide bonds. The topological polar surface area (TPSA) is 128 Å². The molecule has 0 aromatic heterocycles. The van der Waals surface area contributed by atoms with Crippen LogP contribution in [0.4, 0.5) is 0 Å². The Balaban J connectivity index is 2.02. The lowest BCUT2D eigenvalue weighted by atomic mass is 9.92. The van der Waals surface area contributed by atoms with Gasteiger partial charge in [0.15, 0.2) is 11.4 Å². The number of Topliss-reactive ketones (excluding diaryl/α,β-unsaturated/α-hetero) is 1. The molecule has 1 fully saturated rings. The summed E-state index contributed by atoms with van der Waals surface area (Å²) in [6, 6.07) is 2.58. The number of epoxide rings is 1. The molecule has 3 unspecified atom stereocenters. The third-order valence-corrected chi connectivity index (χ3v) is 5.29. The Bertz CT molecular complexity index is 854. The molecule has 8 nitrogen and oxygen atoms in total. The van der Waals surface area contributed by atoms with Crippen molar-refractivity contribution in [3.8, 4) is 0 Å². The van der Waals surface area contributed by atoms with E-state index in [9.17, 15) is 24.6 Å². The molecule has 0 bridgehead atoms. The number of carbonyl (C=O) groups is 3. The van der Waals surface area contributed by atoms with Gasteiger partial charge in [0.05, 0.1) is 25.9 Å². The normalized spacial score (nSPS) is 19.8. The van der Waals surface area contributed by atoms with Crippen LogP contribution in [0, 0.1) is 5.92 Å². The Morgan fingerprint density at radius 1 is 1.19 bits per heavy atom. The number of ketones is 1. The molecule has 1 heterocycles. The molecule has 1 aliphatic heterocycles. The van der Waals surface area contributed by atoms with Gasteiger partial charge in [0.1, 0.15) is 6.04 Å². The predicted octanol–water partition coefficient (Wildman–Crippen LogP) is 1.34. The molecule has 0 spiro atoms. The quantitative estimate of drug-likeness (QED) is 0.284. The van der Waals surface area contributed by atoms with Gasteiger partial charge in [0, 0.05) is 16.1 Å². The van der Waals surface area contributed by atoms with E-state index in [2.05, 4.69) is 10.6 Å². The van der Waals surface area contributed by atoms with Crippen molar-refractivity contribution in [2.75, 3.05) is 19.8 Å². The van der Waals surface area contributed by atoms with Gasteiger partial charge in [0.2, 0.25) is 11.8 Å². The highest BCUT2D eigenvalue weighted by molar-refractivity contribution is 6.35. The summed E-state index contributed by atoms with van der Waals surface area (Å²) < 4.78 is 5.10. The molecular weight excluding hydrogens is 447 g/mol. The standard InChI is InChI=1S/C21H26Cl2N2O6/c1-12(2)7-16(19(29)21(10-27)11-31-21)25-20(30)17(9-26)24-18(28)6-4-13-3-5-14(22)8-15(13)23/h3-6,8,12,16-17,26-27H,7,9-11H2,1-2H3,(H,24,28)(H,25,30)/b6-4+. The Morgan fingerprint density at radius 2 is 1.87 bits per heavy atom. The fourth-order valence-electron chi connectivity index (χ4n) is 2.91. The second-order valence-electron chi connectivity index (χ2n) is 7.74. The molecular formula is C21H26Cl2N2O6. The van der Waals surface area contributed by atoms with Gasteiger partial charge in [-0.3, -0.25) is 14.4 Å². The van der Waals surface area contributed by atoms with E-state index in [-0.39, 0.29) is 12.5 Å². The minimum absolute atomic E-state index is 0.0676. The van der Waals surface area contributed by atoms with Gasteiger partial charge in [-0.2, -0.15) is 0 Å². The molecule has 1 aromatic rings. The fraction of sp³-hybridized carbons (Fsp3) is 0.476. The molecule has 31 heavy (non-hydrogen) atoms. The van der Waals surface area contributed by atoms with Gasteiger partial charge in [-0.1, -0.05) is 43.1 Å². The lowest BCUT2D eigenvalue weighted by Gasteiger charge is -2.24. The van der Waals surface area contributed by atoms with E-state index in [0.29, 0.717) is 22.0 Å². The number of ether oxygens (including phenoxy) is 1. The first-order chi connectivity index (χ1) is 14.6. The molecule has 1 saturated heterocycles. The van der Waals surface area contributed by atoms with Gasteiger partial charge in [-0.25, -0.2) is 0 Å². The molecule has 3 atom stereocenters. The summed E-state index contributed by atoms with van der Waals surface area (Å²) in [6.07, 6.45) is 2.93. The average molecular weight is 473 g/mol. The average Bonchev–Trinajstić information content (AvgIpc) is 3.51. The fourth-order valence-corrected chi connectivity index (χ4v) is 3.38. The molecule has 1 aliphatic rings. The first-order valence-corrected chi connectivity index (χ1v) is 10.5. The number of hydrogen-bond acceptors (Lipinski definition) is 6. The molecule has 0 radical (unpaired) electrons. The van der Waals surface area contributed by atoms with E-state index in [1.54, 1.807) is 12.1 Å². The Labute approximate surface area is 190 Å². The van der Waals surface area contributed by atoms with E-state index in [1.807, 2.05) is 13.8 Å². The molecule has 0 saturated carbocycles. The maximum atomic E-state index is 12.7. The number of carbonyl (C=O) groups excluding carboxylic acids is 3. The number of aliphatic hydroxyl groups is 2. The number of halogens is 2. The molecule has 2 rings (SSSR count). The van der Waals surface area contributed by atoms with Crippen LogP contribution in [0.25, 0.3) is 6.08 Å². The van der Waals surface area contributed by atoms with Crippen molar-refractivity contribution in [2.45, 2.75) is 38.0 Å². The molecule has 1 aromatic carbocycles. The highest BCUT2D eigenvalue weighted by Gasteiger charge is 2.54. The maximum absolute atomic E-state index is 12.7. The summed E-state index contributed by atoms with van der Waals surface area (Å²) in [5, 5.41) is 24.7. The SMILES string of the molecule is CC(C)CC(NC(=O)C(CO)NC(=O)/C=C/c1ccc(Cl)cc1Cl)C(=O)C1(CO)CO1. The summed E-state index contributed by atoms with van der Waals surface area (Å²) in [5.74, 6) is -1.72. The number of aliphatic hydroxyl groups excluding tert-OH is 2. The van der Waals surface area contributed by atoms with Crippen LogP contribution in [0.2, 0.25) is 10.0 Å². The van der Waals surface area contributed by atoms with Crippen LogP contribution in [0.15, 0.2) is 24.3 Å². The second-order valence-corrected chi connectivity index (χ2v) is 8.58. The summed E-state index contributed by atoms with van der Waals surface area (Å²) in [4.78, 5) is 37.5. The lowest BCUT2D eigenvalue weighted by molar-refractivity contribution is -0.134. The van der Waals surface area contributed by atoms with Crippen molar-refractivity contribution >= 4 is 46.9 Å². The van der Waals surface area contributed by atoms with Gasteiger partial charge in [0.25, 0.3) is 0 Å². The lowest BCUT2D eigenvalue weighted by Crippen LogP contribution is -2.55. The number of amides is 2. The molecule has 170 valence electrons. The smallest absolute Gasteiger partial charge is 0.245 e. The van der Waals surface area contributed by atoms with Crippen LogP contribution in [0.5, 0.6) is 0 Å². The number of rotatable bonds is 11. The van der Waals surface area contributed by atoms with Crippen molar-refractivity contribution in [1.82, 2.24) is 10.6 Å². The third kappa shape index (κ3) is 7.02. The molecule has 10 heteroatoms. The van der Waals surface area contributed by atoms with Gasteiger partial charge < -0.3 is 25.6 Å².